The predicted molar refractivity (Wildman–Crippen MR) is 71.5 cm³/mol. The zero-order valence-corrected chi connectivity index (χ0v) is 11.7. The molecule has 0 N–H and O–H groups in total. The molecule has 4 nitrogen and oxygen atoms in total. The Morgan fingerprint density at radius 2 is 1.94 bits per heavy atom. The van der Waals surface area contributed by atoms with Crippen molar-refractivity contribution in [3.8, 4) is 0 Å². The van der Waals surface area contributed by atoms with E-state index in [0.717, 1.165) is 13.0 Å². The number of hydrogen-bond donors (Lipinski definition) is 0. The molecule has 0 bridgehead atoms. The standard InChI is InChI=1S/C14H26N2O2/c1-3-18-11-8-14(17)16-10-5-7-13(16)12-6-4-9-15(12)2/h12-13H,3-11H2,1-2H3. The van der Waals surface area contributed by atoms with E-state index in [1.54, 1.807) is 0 Å². The maximum atomic E-state index is 12.2. The first-order valence-electron chi connectivity index (χ1n) is 7.31. The average Bonchev–Trinajstić information content (AvgIpc) is 2.97. The average molecular weight is 254 g/mol. The van der Waals surface area contributed by atoms with Crippen molar-refractivity contribution in [1.82, 2.24) is 9.80 Å². The molecule has 0 saturated carbocycles. The van der Waals surface area contributed by atoms with E-state index in [4.69, 9.17) is 4.74 Å². The molecule has 0 spiro atoms. The van der Waals surface area contributed by atoms with Crippen LogP contribution in [0, 0.1) is 0 Å². The van der Waals surface area contributed by atoms with Crippen LogP contribution in [-0.4, -0.2) is 61.1 Å². The summed E-state index contributed by atoms with van der Waals surface area (Å²) in [6.45, 7) is 5.36. The molecule has 4 heteroatoms. The highest BCUT2D eigenvalue weighted by molar-refractivity contribution is 5.77. The molecule has 104 valence electrons. The molecule has 2 aliphatic heterocycles. The van der Waals surface area contributed by atoms with Crippen molar-refractivity contribution in [2.75, 3.05) is 33.4 Å². The van der Waals surface area contributed by atoms with Gasteiger partial charge in [0.05, 0.1) is 13.0 Å². The summed E-state index contributed by atoms with van der Waals surface area (Å²) >= 11 is 0. The van der Waals surface area contributed by atoms with E-state index >= 15 is 0 Å². The number of carbonyl (C=O) groups excluding carboxylic acids is 1. The molecule has 0 radical (unpaired) electrons. The molecular formula is C14H26N2O2. The Balaban J connectivity index is 1.88. The van der Waals surface area contributed by atoms with Crippen molar-refractivity contribution in [3.63, 3.8) is 0 Å². The molecule has 2 fully saturated rings. The van der Waals surface area contributed by atoms with Crippen LogP contribution < -0.4 is 0 Å². The van der Waals surface area contributed by atoms with Crippen molar-refractivity contribution in [2.24, 2.45) is 0 Å². The zero-order chi connectivity index (χ0) is 13.0. The van der Waals surface area contributed by atoms with Crippen LogP contribution in [0.3, 0.4) is 0 Å². The minimum Gasteiger partial charge on any atom is -0.381 e. The summed E-state index contributed by atoms with van der Waals surface area (Å²) in [6, 6.07) is 1.04. The minimum absolute atomic E-state index is 0.284. The summed E-state index contributed by atoms with van der Waals surface area (Å²) in [5.74, 6) is 0.284. The lowest BCUT2D eigenvalue weighted by Gasteiger charge is -2.33. The fraction of sp³-hybridized carbons (Fsp3) is 0.929. The molecule has 2 aliphatic rings. The van der Waals surface area contributed by atoms with Gasteiger partial charge in [0, 0.05) is 25.2 Å². The van der Waals surface area contributed by atoms with E-state index in [2.05, 4.69) is 16.8 Å². The molecule has 0 aromatic rings. The van der Waals surface area contributed by atoms with E-state index in [9.17, 15) is 4.79 Å². The van der Waals surface area contributed by atoms with Crippen molar-refractivity contribution < 1.29 is 9.53 Å². The Morgan fingerprint density at radius 3 is 2.61 bits per heavy atom. The van der Waals surface area contributed by atoms with Gasteiger partial charge in [-0.1, -0.05) is 0 Å². The van der Waals surface area contributed by atoms with Crippen molar-refractivity contribution in [1.29, 1.82) is 0 Å². The molecule has 2 saturated heterocycles. The van der Waals surface area contributed by atoms with Gasteiger partial charge in [-0.05, 0) is 46.2 Å². The van der Waals surface area contributed by atoms with E-state index in [1.807, 2.05) is 6.92 Å². The van der Waals surface area contributed by atoms with Gasteiger partial charge in [-0.2, -0.15) is 0 Å². The normalized spacial score (nSPS) is 29.1. The Kier molecular flexibility index (Phi) is 5.01. The lowest BCUT2D eigenvalue weighted by atomic mass is 10.0. The number of ether oxygens (including phenoxy) is 1. The number of rotatable bonds is 5. The molecule has 2 atom stereocenters. The molecule has 2 rings (SSSR count). The number of amides is 1. The lowest BCUT2D eigenvalue weighted by Crippen LogP contribution is -2.47. The van der Waals surface area contributed by atoms with Crippen molar-refractivity contribution in [3.05, 3.63) is 0 Å². The SMILES string of the molecule is CCOCCC(=O)N1CCCC1C1CCCN1C. The summed E-state index contributed by atoms with van der Waals surface area (Å²) in [5, 5.41) is 0. The van der Waals surface area contributed by atoms with Crippen LogP contribution in [0.5, 0.6) is 0 Å². The van der Waals surface area contributed by atoms with Gasteiger partial charge in [0.2, 0.25) is 5.91 Å². The number of likely N-dealkylation sites (N-methyl/N-ethyl adjacent to an activating group) is 1. The number of nitrogens with zero attached hydrogens (tertiary/aromatic N) is 2. The maximum Gasteiger partial charge on any atom is 0.225 e. The Labute approximate surface area is 110 Å². The Bertz CT molecular complexity index is 283. The summed E-state index contributed by atoms with van der Waals surface area (Å²) < 4.78 is 5.29. The monoisotopic (exact) mass is 254 g/mol. The molecule has 1 amide bonds. The third kappa shape index (κ3) is 3.04. The summed E-state index contributed by atoms with van der Waals surface area (Å²) in [4.78, 5) is 16.8. The van der Waals surface area contributed by atoms with Gasteiger partial charge in [0.15, 0.2) is 0 Å². The van der Waals surface area contributed by atoms with E-state index in [-0.39, 0.29) is 5.91 Å². The van der Waals surface area contributed by atoms with E-state index < -0.39 is 0 Å². The second kappa shape index (κ2) is 6.53. The molecule has 2 heterocycles. The van der Waals surface area contributed by atoms with Gasteiger partial charge in [-0.15, -0.1) is 0 Å². The summed E-state index contributed by atoms with van der Waals surface area (Å²) in [6.07, 6.45) is 5.40. The molecule has 0 aliphatic carbocycles. The first-order valence-corrected chi connectivity index (χ1v) is 7.31. The molecular weight excluding hydrogens is 228 g/mol. The van der Waals surface area contributed by atoms with E-state index in [1.165, 1.54) is 25.8 Å². The summed E-state index contributed by atoms with van der Waals surface area (Å²) in [5.41, 5.74) is 0. The minimum atomic E-state index is 0.284. The van der Waals surface area contributed by atoms with Crippen molar-refractivity contribution in [2.45, 2.75) is 51.1 Å². The van der Waals surface area contributed by atoms with Gasteiger partial charge in [-0.3, -0.25) is 4.79 Å². The molecule has 2 unspecified atom stereocenters. The van der Waals surface area contributed by atoms with Gasteiger partial charge in [0.1, 0.15) is 0 Å². The van der Waals surface area contributed by atoms with Crippen LogP contribution in [0.25, 0.3) is 0 Å². The van der Waals surface area contributed by atoms with Crippen molar-refractivity contribution >= 4 is 5.91 Å². The maximum absolute atomic E-state index is 12.2. The first-order chi connectivity index (χ1) is 8.74. The van der Waals surface area contributed by atoms with Crippen LogP contribution in [0.2, 0.25) is 0 Å². The third-order valence-electron chi connectivity index (χ3n) is 4.30. The van der Waals surface area contributed by atoms with Crippen LogP contribution in [0.15, 0.2) is 0 Å². The number of likely N-dealkylation sites (tertiary alicyclic amines) is 2. The smallest absolute Gasteiger partial charge is 0.225 e. The highest BCUT2D eigenvalue weighted by Gasteiger charge is 2.37. The fourth-order valence-electron chi connectivity index (χ4n) is 3.37. The predicted octanol–water partition coefficient (Wildman–Crippen LogP) is 1.50. The molecule has 0 aromatic heterocycles. The van der Waals surface area contributed by atoms with Crippen LogP contribution in [0.4, 0.5) is 0 Å². The molecule has 0 aromatic carbocycles. The number of hydrogen-bond acceptors (Lipinski definition) is 3. The van der Waals surface area contributed by atoms with E-state index in [0.29, 0.717) is 31.7 Å². The number of carbonyl (C=O) groups is 1. The van der Waals surface area contributed by atoms with Gasteiger partial charge in [-0.25, -0.2) is 0 Å². The highest BCUT2D eigenvalue weighted by atomic mass is 16.5. The topological polar surface area (TPSA) is 32.8 Å². The van der Waals surface area contributed by atoms with Gasteiger partial charge in [0.25, 0.3) is 0 Å². The Morgan fingerprint density at radius 1 is 1.22 bits per heavy atom. The lowest BCUT2D eigenvalue weighted by molar-refractivity contribution is -0.134. The zero-order valence-electron chi connectivity index (χ0n) is 11.7. The largest absolute Gasteiger partial charge is 0.381 e. The second-order valence-electron chi connectivity index (χ2n) is 5.43. The Hall–Kier alpha value is -0.610. The van der Waals surface area contributed by atoms with Gasteiger partial charge < -0.3 is 14.5 Å². The highest BCUT2D eigenvalue weighted by Crippen LogP contribution is 2.29. The van der Waals surface area contributed by atoms with Crippen LogP contribution in [-0.2, 0) is 9.53 Å². The van der Waals surface area contributed by atoms with Crippen LogP contribution >= 0.6 is 0 Å². The second-order valence-corrected chi connectivity index (χ2v) is 5.43. The van der Waals surface area contributed by atoms with Gasteiger partial charge >= 0.3 is 0 Å². The third-order valence-corrected chi connectivity index (χ3v) is 4.30. The first kappa shape index (κ1) is 13.8. The molecule has 18 heavy (non-hydrogen) atoms. The van der Waals surface area contributed by atoms with Crippen LogP contribution in [0.1, 0.15) is 39.0 Å². The fourth-order valence-corrected chi connectivity index (χ4v) is 3.37. The summed E-state index contributed by atoms with van der Waals surface area (Å²) in [7, 11) is 2.19. The quantitative estimate of drug-likeness (QED) is 0.697.